The maximum atomic E-state index is 13.0. The van der Waals surface area contributed by atoms with Crippen LogP contribution in [0.4, 0.5) is 0 Å². The fraction of sp³-hybridized carbons (Fsp3) is 0.720. The first kappa shape index (κ1) is 24.8. The summed E-state index contributed by atoms with van der Waals surface area (Å²) in [6, 6.07) is 6.04. The van der Waals surface area contributed by atoms with Gasteiger partial charge in [0, 0.05) is 19.1 Å². The molecule has 4 nitrogen and oxygen atoms in total. The molecule has 0 aromatic heterocycles. The number of hydrogen-bond acceptors (Lipinski definition) is 3. The van der Waals surface area contributed by atoms with Crippen LogP contribution in [0.15, 0.2) is 18.2 Å². The number of carbonyl (C=O) groups excluding carboxylic acids is 1. The van der Waals surface area contributed by atoms with E-state index < -0.39 is 6.10 Å². The molecule has 0 saturated heterocycles. The zero-order chi connectivity index (χ0) is 21.3. The molecule has 1 aromatic carbocycles. The minimum absolute atomic E-state index is 0. The van der Waals surface area contributed by atoms with Crippen LogP contribution in [-0.2, 0) is 6.42 Å². The number of nitrogens with one attached hydrogen (secondary N) is 2. The van der Waals surface area contributed by atoms with Crippen molar-refractivity contribution >= 4 is 29.9 Å². The van der Waals surface area contributed by atoms with Crippen molar-refractivity contribution in [3.05, 3.63) is 34.3 Å². The molecule has 1 aromatic rings. The summed E-state index contributed by atoms with van der Waals surface area (Å²) in [6.07, 6.45) is 9.11. The van der Waals surface area contributed by atoms with Crippen molar-refractivity contribution in [1.29, 1.82) is 0 Å². The van der Waals surface area contributed by atoms with Gasteiger partial charge in [0.15, 0.2) is 0 Å². The molecular formula is C25H38Cl2N2O2. The second-order valence-corrected chi connectivity index (χ2v) is 11.1. The summed E-state index contributed by atoms with van der Waals surface area (Å²) >= 11 is 6.37. The van der Waals surface area contributed by atoms with Gasteiger partial charge in [0.1, 0.15) is 0 Å². The Hall–Kier alpha value is -0.810. The molecule has 1 atom stereocenters. The topological polar surface area (TPSA) is 61.4 Å². The molecule has 0 spiro atoms. The number of rotatable bonds is 9. The molecule has 5 rings (SSSR count). The van der Waals surface area contributed by atoms with Crippen molar-refractivity contribution in [2.75, 3.05) is 13.1 Å². The number of carbonyl (C=O) groups is 1. The average Bonchev–Trinajstić information content (AvgIpc) is 2.69. The van der Waals surface area contributed by atoms with E-state index in [0.717, 1.165) is 36.3 Å². The smallest absolute Gasteiger partial charge is 0.252 e. The number of halogens is 2. The van der Waals surface area contributed by atoms with Gasteiger partial charge in [0.25, 0.3) is 5.91 Å². The molecule has 6 heteroatoms. The van der Waals surface area contributed by atoms with Gasteiger partial charge >= 0.3 is 0 Å². The highest BCUT2D eigenvalue weighted by Gasteiger charge is 2.50. The lowest BCUT2D eigenvalue weighted by Crippen LogP contribution is -2.51. The SMILES string of the molecule is CC(C)NC[C@@H](O)CCc1ccc(Cl)c(C(=O)NCC23CC4CC(CC(C4)C2)C3)c1.Cl. The van der Waals surface area contributed by atoms with Gasteiger partial charge in [-0.15, -0.1) is 12.4 Å². The number of amides is 1. The highest BCUT2D eigenvalue weighted by Crippen LogP contribution is 2.59. The average molecular weight is 469 g/mol. The summed E-state index contributed by atoms with van der Waals surface area (Å²) in [5, 5.41) is 17.2. The zero-order valence-corrected chi connectivity index (χ0v) is 20.4. The van der Waals surface area contributed by atoms with Crippen LogP contribution in [0, 0.1) is 23.2 Å². The number of aliphatic hydroxyl groups excluding tert-OH is 1. The van der Waals surface area contributed by atoms with Gasteiger partial charge in [-0.25, -0.2) is 0 Å². The largest absolute Gasteiger partial charge is 0.392 e. The fourth-order valence-corrected chi connectivity index (χ4v) is 6.78. The Kier molecular flexibility index (Phi) is 8.34. The van der Waals surface area contributed by atoms with E-state index in [1.165, 1.54) is 38.5 Å². The standard InChI is InChI=1S/C25H37ClN2O2.ClH/c1-16(2)27-14-21(29)5-3-17-4-6-23(26)22(10-17)24(30)28-15-25-11-18-7-19(12-25)9-20(8-18)13-25;/h4,6,10,16,18-21,27,29H,3,5,7-9,11-15H2,1-2H3,(H,28,30);1H/t18?,19?,20?,21-,25?;/m0./s1. The molecule has 4 aliphatic carbocycles. The van der Waals surface area contributed by atoms with Crippen LogP contribution in [-0.4, -0.2) is 36.2 Å². The quantitative estimate of drug-likeness (QED) is 0.477. The van der Waals surface area contributed by atoms with Gasteiger partial charge < -0.3 is 15.7 Å². The van der Waals surface area contributed by atoms with Crippen LogP contribution in [0.5, 0.6) is 0 Å². The zero-order valence-electron chi connectivity index (χ0n) is 18.8. The molecule has 0 radical (unpaired) electrons. The Morgan fingerprint density at radius 2 is 1.77 bits per heavy atom. The van der Waals surface area contributed by atoms with Gasteiger partial charge in [-0.05, 0) is 92.2 Å². The fourth-order valence-electron chi connectivity index (χ4n) is 6.58. The van der Waals surface area contributed by atoms with E-state index in [2.05, 4.69) is 24.5 Å². The second-order valence-electron chi connectivity index (χ2n) is 10.7. The van der Waals surface area contributed by atoms with Crippen LogP contribution in [0.1, 0.15) is 74.7 Å². The molecule has 0 unspecified atom stereocenters. The minimum atomic E-state index is -0.392. The van der Waals surface area contributed by atoms with Crippen molar-refractivity contribution < 1.29 is 9.90 Å². The number of aryl methyl sites for hydroxylation is 1. The third kappa shape index (κ3) is 6.16. The number of benzene rings is 1. The summed E-state index contributed by atoms with van der Waals surface area (Å²) in [5.41, 5.74) is 1.93. The molecule has 0 aliphatic heterocycles. The molecule has 174 valence electrons. The highest BCUT2D eigenvalue weighted by atomic mass is 35.5. The Balaban J connectivity index is 0.00000272. The van der Waals surface area contributed by atoms with Crippen LogP contribution in [0.2, 0.25) is 5.02 Å². The third-order valence-corrected chi connectivity index (χ3v) is 7.92. The van der Waals surface area contributed by atoms with E-state index in [9.17, 15) is 9.90 Å². The lowest BCUT2D eigenvalue weighted by Gasteiger charge is -2.56. The van der Waals surface area contributed by atoms with Gasteiger partial charge in [-0.1, -0.05) is 31.5 Å². The molecular weight excluding hydrogens is 431 g/mol. The first-order valence-corrected chi connectivity index (χ1v) is 12.2. The van der Waals surface area contributed by atoms with Gasteiger partial charge in [-0.2, -0.15) is 0 Å². The van der Waals surface area contributed by atoms with Crippen molar-refractivity contribution in [2.45, 2.75) is 77.4 Å². The predicted octanol–water partition coefficient (Wildman–Crippen LogP) is 5.00. The van der Waals surface area contributed by atoms with E-state index in [4.69, 9.17) is 11.6 Å². The number of aliphatic hydroxyl groups is 1. The van der Waals surface area contributed by atoms with E-state index in [1.54, 1.807) is 0 Å². The predicted molar refractivity (Wildman–Crippen MR) is 129 cm³/mol. The normalized spacial score (nSPS) is 29.6. The summed E-state index contributed by atoms with van der Waals surface area (Å²) in [6.45, 7) is 5.51. The van der Waals surface area contributed by atoms with Crippen molar-refractivity contribution in [2.24, 2.45) is 23.2 Å². The van der Waals surface area contributed by atoms with E-state index in [0.29, 0.717) is 35.0 Å². The molecule has 4 fully saturated rings. The van der Waals surface area contributed by atoms with Crippen LogP contribution >= 0.6 is 24.0 Å². The van der Waals surface area contributed by atoms with Gasteiger partial charge in [0.2, 0.25) is 0 Å². The summed E-state index contributed by atoms with van der Waals surface area (Å²) in [7, 11) is 0. The Morgan fingerprint density at radius 1 is 1.16 bits per heavy atom. The molecule has 31 heavy (non-hydrogen) atoms. The van der Waals surface area contributed by atoms with Crippen molar-refractivity contribution in [1.82, 2.24) is 10.6 Å². The molecule has 4 saturated carbocycles. The minimum Gasteiger partial charge on any atom is -0.392 e. The Morgan fingerprint density at radius 3 is 2.35 bits per heavy atom. The summed E-state index contributed by atoms with van der Waals surface area (Å²) in [4.78, 5) is 13.0. The van der Waals surface area contributed by atoms with Crippen LogP contribution in [0.3, 0.4) is 0 Å². The molecule has 1 amide bonds. The van der Waals surface area contributed by atoms with Gasteiger partial charge in [0.05, 0.1) is 16.7 Å². The monoisotopic (exact) mass is 468 g/mol. The highest BCUT2D eigenvalue weighted by molar-refractivity contribution is 6.33. The lowest BCUT2D eigenvalue weighted by molar-refractivity contribution is -0.0503. The van der Waals surface area contributed by atoms with Crippen LogP contribution in [0.25, 0.3) is 0 Å². The van der Waals surface area contributed by atoms with E-state index in [-0.39, 0.29) is 18.3 Å². The maximum absolute atomic E-state index is 13.0. The lowest BCUT2D eigenvalue weighted by atomic mass is 9.49. The summed E-state index contributed by atoms with van der Waals surface area (Å²) < 4.78 is 0. The molecule has 3 N–H and O–H groups in total. The third-order valence-electron chi connectivity index (χ3n) is 7.59. The second kappa shape index (κ2) is 10.4. The molecule has 4 aliphatic rings. The Bertz CT molecular complexity index is 733. The first-order valence-electron chi connectivity index (χ1n) is 11.8. The van der Waals surface area contributed by atoms with Crippen molar-refractivity contribution in [3.8, 4) is 0 Å². The first-order chi connectivity index (χ1) is 14.3. The van der Waals surface area contributed by atoms with E-state index >= 15 is 0 Å². The number of hydrogen-bond donors (Lipinski definition) is 3. The van der Waals surface area contributed by atoms with Gasteiger partial charge in [-0.3, -0.25) is 4.79 Å². The molecule has 4 bridgehead atoms. The van der Waals surface area contributed by atoms with E-state index in [1.807, 2.05) is 18.2 Å². The Labute approximate surface area is 198 Å². The maximum Gasteiger partial charge on any atom is 0.252 e. The summed E-state index contributed by atoms with van der Waals surface area (Å²) in [5.74, 6) is 2.60. The van der Waals surface area contributed by atoms with Crippen LogP contribution < -0.4 is 10.6 Å². The van der Waals surface area contributed by atoms with Crippen molar-refractivity contribution in [3.63, 3.8) is 0 Å². The molecule has 0 heterocycles.